The summed E-state index contributed by atoms with van der Waals surface area (Å²) in [7, 11) is 0. The zero-order valence-corrected chi connectivity index (χ0v) is 15.6. The lowest BCUT2D eigenvalue weighted by atomic mass is 9.88. The minimum atomic E-state index is -0.142. The van der Waals surface area contributed by atoms with Crippen LogP contribution in [0.4, 0.5) is 0 Å². The molecule has 0 bridgehead atoms. The van der Waals surface area contributed by atoms with E-state index in [1.165, 1.54) is 0 Å². The maximum Gasteiger partial charge on any atom is 0.259 e. The zero-order chi connectivity index (χ0) is 17.9. The smallest absolute Gasteiger partial charge is 0.259 e. The Morgan fingerprint density at radius 1 is 1.33 bits per heavy atom. The number of aliphatic hydroxyl groups is 1. The Labute approximate surface area is 144 Å². The van der Waals surface area contributed by atoms with Crippen molar-refractivity contribution in [2.75, 3.05) is 32.8 Å². The number of rotatable bonds is 7. The second-order valence-electron chi connectivity index (χ2n) is 6.72. The average molecular weight is 337 g/mol. The van der Waals surface area contributed by atoms with Gasteiger partial charge in [-0.15, -0.1) is 0 Å². The lowest BCUT2D eigenvalue weighted by molar-refractivity contribution is 0.0617. The predicted octanol–water partition coefficient (Wildman–Crippen LogP) is 2.09. The van der Waals surface area contributed by atoms with Gasteiger partial charge in [0.15, 0.2) is 0 Å². The van der Waals surface area contributed by atoms with Crippen molar-refractivity contribution in [3.05, 3.63) is 17.0 Å². The van der Waals surface area contributed by atoms with Crippen LogP contribution < -0.4 is 0 Å². The van der Waals surface area contributed by atoms with E-state index in [1.807, 2.05) is 4.90 Å². The number of carbonyl (C=O) groups excluding carboxylic acids is 1. The normalized spacial score (nSPS) is 24.1. The van der Waals surface area contributed by atoms with Crippen LogP contribution >= 0.6 is 0 Å². The molecule has 6 heteroatoms. The molecule has 0 saturated carbocycles. The van der Waals surface area contributed by atoms with Crippen molar-refractivity contribution in [2.45, 2.75) is 47.1 Å². The van der Waals surface area contributed by atoms with Gasteiger partial charge in [-0.25, -0.2) is 0 Å². The van der Waals surface area contributed by atoms with Gasteiger partial charge in [-0.05, 0) is 38.8 Å². The summed E-state index contributed by atoms with van der Waals surface area (Å²) in [5.74, 6) is 1.19. The second kappa shape index (κ2) is 8.12. The first-order chi connectivity index (χ1) is 11.5. The third kappa shape index (κ3) is 3.49. The van der Waals surface area contributed by atoms with Gasteiger partial charge < -0.3 is 19.4 Å². The molecule has 1 aromatic heterocycles. The fourth-order valence-electron chi connectivity index (χ4n) is 3.95. The number of aromatic nitrogens is 1. The fraction of sp³-hybridized carbons (Fsp3) is 0.778. The van der Waals surface area contributed by atoms with Crippen LogP contribution in [-0.4, -0.2) is 64.8 Å². The van der Waals surface area contributed by atoms with E-state index < -0.39 is 0 Å². The molecule has 0 aromatic carbocycles. The van der Waals surface area contributed by atoms with Crippen molar-refractivity contribution < 1.29 is 14.4 Å². The molecule has 1 N–H and O–H groups in total. The Balaban J connectivity index is 2.26. The van der Waals surface area contributed by atoms with Crippen LogP contribution in [0.25, 0.3) is 0 Å². The topological polar surface area (TPSA) is 69.8 Å². The number of likely N-dealkylation sites (tertiary alicyclic amines) is 1. The summed E-state index contributed by atoms with van der Waals surface area (Å²) in [6, 6.07) is -0.142. The maximum atomic E-state index is 13.1. The molecule has 1 aliphatic heterocycles. The summed E-state index contributed by atoms with van der Waals surface area (Å²) in [6.07, 6.45) is 1.01. The third-order valence-corrected chi connectivity index (χ3v) is 5.51. The highest BCUT2D eigenvalue weighted by Crippen LogP contribution is 2.34. The first-order valence-electron chi connectivity index (χ1n) is 9.05. The summed E-state index contributed by atoms with van der Waals surface area (Å²) < 4.78 is 5.16. The Bertz CT molecular complexity index is 534. The van der Waals surface area contributed by atoms with Crippen LogP contribution in [0, 0.1) is 25.7 Å². The Morgan fingerprint density at radius 3 is 2.46 bits per heavy atom. The van der Waals surface area contributed by atoms with Crippen LogP contribution in [0.5, 0.6) is 0 Å². The summed E-state index contributed by atoms with van der Waals surface area (Å²) in [4.78, 5) is 17.3. The van der Waals surface area contributed by atoms with Crippen LogP contribution in [-0.2, 0) is 0 Å². The number of aryl methyl sites for hydroxylation is 2. The first-order valence-corrected chi connectivity index (χ1v) is 9.05. The quantitative estimate of drug-likeness (QED) is 0.825. The van der Waals surface area contributed by atoms with Crippen LogP contribution in [0.2, 0.25) is 0 Å². The molecule has 24 heavy (non-hydrogen) atoms. The molecule has 1 saturated heterocycles. The minimum Gasteiger partial charge on any atom is -0.394 e. The van der Waals surface area contributed by atoms with E-state index in [2.05, 4.69) is 30.8 Å². The van der Waals surface area contributed by atoms with Crippen molar-refractivity contribution in [2.24, 2.45) is 11.8 Å². The van der Waals surface area contributed by atoms with Gasteiger partial charge in [0.25, 0.3) is 5.91 Å². The molecule has 6 nitrogen and oxygen atoms in total. The second-order valence-corrected chi connectivity index (χ2v) is 6.72. The van der Waals surface area contributed by atoms with Gasteiger partial charge in [-0.1, -0.05) is 32.3 Å². The minimum absolute atomic E-state index is 0.00243. The average Bonchev–Trinajstić information content (AvgIpc) is 3.11. The monoisotopic (exact) mass is 337 g/mol. The molecule has 0 aliphatic carbocycles. The lowest BCUT2D eigenvalue weighted by Gasteiger charge is -2.30. The van der Waals surface area contributed by atoms with Gasteiger partial charge in [-0.2, -0.15) is 0 Å². The molecular formula is C18H31N3O3. The predicted molar refractivity (Wildman–Crippen MR) is 92.9 cm³/mol. The molecule has 2 rings (SSSR count). The molecular weight excluding hydrogens is 306 g/mol. The van der Waals surface area contributed by atoms with E-state index in [1.54, 1.807) is 13.8 Å². The highest BCUT2D eigenvalue weighted by Gasteiger charge is 2.44. The Morgan fingerprint density at radius 2 is 2.00 bits per heavy atom. The molecule has 1 fully saturated rings. The SMILES string of the molecule is CC[C@@H]1CN(C(=O)c2c(C)noc2C)[C@H](CO)[C@@H]1CN(CC)CC. The van der Waals surface area contributed by atoms with E-state index in [9.17, 15) is 9.90 Å². The van der Waals surface area contributed by atoms with E-state index >= 15 is 0 Å². The van der Waals surface area contributed by atoms with Gasteiger partial charge in [0.05, 0.1) is 18.3 Å². The standard InChI is InChI=1S/C18H31N3O3/c1-6-14-9-21(18(23)17-12(4)19-24-13(17)5)16(11-22)15(14)10-20(7-2)8-3/h14-16,22H,6-11H2,1-5H3/t14-,15-,16-/m1/s1. The van der Waals surface area contributed by atoms with Gasteiger partial charge in [0.2, 0.25) is 0 Å². The van der Waals surface area contributed by atoms with Crippen LogP contribution in [0.3, 0.4) is 0 Å². The van der Waals surface area contributed by atoms with Gasteiger partial charge >= 0.3 is 0 Å². The number of hydrogen-bond acceptors (Lipinski definition) is 5. The number of hydrogen-bond donors (Lipinski definition) is 1. The van der Waals surface area contributed by atoms with E-state index in [4.69, 9.17) is 4.52 Å². The summed E-state index contributed by atoms with van der Waals surface area (Å²) >= 11 is 0. The van der Waals surface area contributed by atoms with Crippen molar-refractivity contribution in [1.29, 1.82) is 0 Å². The molecule has 0 radical (unpaired) electrons. The van der Waals surface area contributed by atoms with Gasteiger partial charge in [0.1, 0.15) is 11.3 Å². The van der Waals surface area contributed by atoms with Crippen molar-refractivity contribution in [3.63, 3.8) is 0 Å². The summed E-state index contributed by atoms with van der Waals surface area (Å²) in [6.45, 7) is 13.6. The molecule has 1 amide bonds. The van der Waals surface area contributed by atoms with Crippen LogP contribution in [0.15, 0.2) is 4.52 Å². The molecule has 0 unspecified atom stereocenters. The summed E-state index contributed by atoms with van der Waals surface area (Å²) in [5.41, 5.74) is 1.17. The largest absolute Gasteiger partial charge is 0.394 e. The van der Waals surface area contributed by atoms with E-state index in [0.29, 0.717) is 35.4 Å². The number of aliphatic hydroxyl groups excluding tert-OH is 1. The van der Waals surface area contributed by atoms with E-state index in [0.717, 1.165) is 26.1 Å². The number of carbonyl (C=O) groups is 1. The van der Waals surface area contributed by atoms with E-state index in [-0.39, 0.29) is 18.6 Å². The summed E-state index contributed by atoms with van der Waals surface area (Å²) in [5, 5.41) is 13.9. The van der Waals surface area contributed by atoms with Crippen molar-refractivity contribution >= 4 is 5.91 Å². The van der Waals surface area contributed by atoms with Crippen molar-refractivity contribution in [1.82, 2.24) is 15.0 Å². The number of amides is 1. The lowest BCUT2D eigenvalue weighted by Crippen LogP contribution is -2.44. The molecule has 1 aliphatic rings. The first kappa shape index (κ1) is 18.9. The van der Waals surface area contributed by atoms with Crippen molar-refractivity contribution in [3.8, 4) is 0 Å². The van der Waals surface area contributed by atoms with Crippen LogP contribution in [0.1, 0.15) is 49.0 Å². The zero-order valence-electron chi connectivity index (χ0n) is 15.6. The van der Waals surface area contributed by atoms with Gasteiger partial charge in [0, 0.05) is 13.1 Å². The number of nitrogens with zero attached hydrogens (tertiary/aromatic N) is 3. The van der Waals surface area contributed by atoms with Gasteiger partial charge in [-0.3, -0.25) is 4.79 Å². The molecule has 2 heterocycles. The third-order valence-electron chi connectivity index (χ3n) is 5.51. The molecule has 1 aromatic rings. The fourth-order valence-corrected chi connectivity index (χ4v) is 3.95. The highest BCUT2D eigenvalue weighted by atomic mass is 16.5. The Kier molecular flexibility index (Phi) is 6.40. The highest BCUT2D eigenvalue weighted by molar-refractivity contribution is 5.96. The Hall–Kier alpha value is -1.40. The molecule has 136 valence electrons. The molecule has 3 atom stereocenters. The molecule has 0 spiro atoms. The maximum absolute atomic E-state index is 13.1.